The average molecular weight is 416 g/mol. The smallest absolute Gasteiger partial charge is 0.196 e. The van der Waals surface area contributed by atoms with E-state index >= 15 is 0 Å². The number of ether oxygens (including phenoxy) is 1. The number of aromatic nitrogens is 4. The van der Waals surface area contributed by atoms with Crippen LogP contribution in [0.4, 0.5) is 0 Å². The molecule has 4 rings (SSSR count). The molecule has 3 aromatic rings. The van der Waals surface area contributed by atoms with Gasteiger partial charge in [-0.25, -0.2) is 0 Å². The van der Waals surface area contributed by atoms with Gasteiger partial charge in [0, 0.05) is 48.4 Å². The van der Waals surface area contributed by atoms with Gasteiger partial charge in [0.25, 0.3) is 0 Å². The average Bonchev–Trinajstić information content (AvgIpc) is 3.15. The topological polar surface area (TPSA) is 56.1 Å². The fourth-order valence-corrected chi connectivity index (χ4v) is 4.31. The van der Waals surface area contributed by atoms with Gasteiger partial charge >= 0.3 is 0 Å². The second kappa shape index (κ2) is 9.05. The first-order valence-corrected chi connectivity index (χ1v) is 10.6. The lowest BCUT2D eigenvalue weighted by atomic mass is 10.2. The summed E-state index contributed by atoms with van der Waals surface area (Å²) in [4.78, 5) is 6.54. The number of halogens is 1. The Morgan fingerprint density at radius 3 is 2.68 bits per heavy atom. The Kier molecular flexibility index (Phi) is 6.26. The van der Waals surface area contributed by atoms with Crippen molar-refractivity contribution in [2.75, 3.05) is 38.6 Å². The van der Waals surface area contributed by atoms with Crippen LogP contribution >= 0.6 is 23.4 Å². The van der Waals surface area contributed by atoms with Crippen LogP contribution in [0.3, 0.4) is 0 Å². The standard InChI is InChI=1S/C20H22ClN5OS/c1-15-17(21)3-2-4-18(15)26-19(16-5-7-22-8-6-16)23-24-20(26)28-14-11-25-9-12-27-13-10-25/h2-8H,9-14H2,1H3. The van der Waals surface area contributed by atoms with Crippen molar-refractivity contribution in [2.45, 2.75) is 12.1 Å². The number of pyridine rings is 1. The van der Waals surface area contributed by atoms with Crippen LogP contribution in [0, 0.1) is 6.92 Å². The van der Waals surface area contributed by atoms with Crippen LogP contribution < -0.4 is 0 Å². The van der Waals surface area contributed by atoms with E-state index in [2.05, 4.69) is 30.7 Å². The van der Waals surface area contributed by atoms with E-state index in [0.29, 0.717) is 0 Å². The zero-order chi connectivity index (χ0) is 19.3. The quantitative estimate of drug-likeness (QED) is 0.572. The van der Waals surface area contributed by atoms with Crippen molar-refractivity contribution >= 4 is 23.4 Å². The predicted molar refractivity (Wildman–Crippen MR) is 112 cm³/mol. The van der Waals surface area contributed by atoms with Gasteiger partial charge in [-0.2, -0.15) is 0 Å². The van der Waals surface area contributed by atoms with E-state index < -0.39 is 0 Å². The highest BCUT2D eigenvalue weighted by atomic mass is 35.5. The summed E-state index contributed by atoms with van der Waals surface area (Å²) in [7, 11) is 0. The van der Waals surface area contributed by atoms with Gasteiger partial charge in [0.05, 0.1) is 18.9 Å². The third-order valence-electron chi connectivity index (χ3n) is 4.79. The molecule has 6 nitrogen and oxygen atoms in total. The maximum absolute atomic E-state index is 6.40. The number of hydrogen-bond donors (Lipinski definition) is 0. The molecule has 2 aromatic heterocycles. The van der Waals surface area contributed by atoms with Crippen LogP contribution in [0.5, 0.6) is 0 Å². The molecular weight excluding hydrogens is 394 g/mol. The SMILES string of the molecule is Cc1c(Cl)cccc1-n1c(SCCN2CCOCC2)nnc1-c1ccncc1. The zero-order valence-electron chi connectivity index (χ0n) is 15.7. The van der Waals surface area contributed by atoms with Gasteiger partial charge in [-0.1, -0.05) is 29.4 Å². The molecule has 0 amide bonds. The Bertz CT molecular complexity index is 928. The van der Waals surface area contributed by atoms with Gasteiger partial charge < -0.3 is 4.74 Å². The second-order valence-electron chi connectivity index (χ2n) is 6.56. The molecule has 0 N–H and O–H groups in total. The first kappa shape index (κ1) is 19.4. The van der Waals surface area contributed by atoms with E-state index in [-0.39, 0.29) is 0 Å². The summed E-state index contributed by atoms with van der Waals surface area (Å²) in [5.74, 6) is 1.73. The van der Waals surface area contributed by atoms with Crippen LogP contribution in [-0.2, 0) is 4.74 Å². The van der Waals surface area contributed by atoms with Crippen molar-refractivity contribution in [2.24, 2.45) is 0 Å². The van der Waals surface area contributed by atoms with Crippen LogP contribution in [0.1, 0.15) is 5.56 Å². The highest BCUT2D eigenvalue weighted by Gasteiger charge is 2.19. The lowest BCUT2D eigenvalue weighted by Crippen LogP contribution is -2.37. The molecule has 8 heteroatoms. The molecule has 0 aliphatic carbocycles. The fraction of sp³-hybridized carbons (Fsp3) is 0.350. The minimum Gasteiger partial charge on any atom is -0.379 e. The molecule has 3 heterocycles. The first-order valence-electron chi connectivity index (χ1n) is 9.28. The number of benzene rings is 1. The number of hydrogen-bond acceptors (Lipinski definition) is 6. The van der Waals surface area contributed by atoms with Crippen molar-refractivity contribution < 1.29 is 4.74 Å². The normalized spacial score (nSPS) is 15.1. The summed E-state index contributed by atoms with van der Waals surface area (Å²) in [5.41, 5.74) is 2.98. The van der Waals surface area contributed by atoms with Crippen molar-refractivity contribution in [3.8, 4) is 17.1 Å². The third-order valence-corrected chi connectivity index (χ3v) is 6.11. The Labute approximate surface area is 173 Å². The highest BCUT2D eigenvalue weighted by molar-refractivity contribution is 7.99. The van der Waals surface area contributed by atoms with Gasteiger partial charge in [0.1, 0.15) is 0 Å². The molecule has 0 saturated carbocycles. The molecule has 1 aromatic carbocycles. The van der Waals surface area contributed by atoms with Gasteiger partial charge in [-0.15, -0.1) is 10.2 Å². The van der Waals surface area contributed by atoms with Crippen LogP contribution in [0.2, 0.25) is 5.02 Å². The summed E-state index contributed by atoms with van der Waals surface area (Å²) in [6, 6.07) is 9.82. The molecule has 0 radical (unpaired) electrons. The fourth-order valence-electron chi connectivity index (χ4n) is 3.20. The van der Waals surface area contributed by atoms with E-state index in [9.17, 15) is 0 Å². The van der Waals surface area contributed by atoms with Gasteiger partial charge in [-0.3, -0.25) is 14.5 Å². The molecule has 146 valence electrons. The monoisotopic (exact) mass is 415 g/mol. The van der Waals surface area contributed by atoms with Gasteiger partial charge in [0.2, 0.25) is 0 Å². The van der Waals surface area contributed by atoms with E-state index in [0.717, 1.165) is 71.4 Å². The van der Waals surface area contributed by atoms with Gasteiger partial charge in [-0.05, 0) is 36.8 Å². The highest BCUT2D eigenvalue weighted by Crippen LogP contribution is 2.31. The number of morpholine rings is 1. The molecule has 0 atom stereocenters. The van der Waals surface area contributed by atoms with E-state index in [1.54, 1.807) is 24.2 Å². The lowest BCUT2D eigenvalue weighted by molar-refractivity contribution is 0.0410. The Balaban J connectivity index is 1.64. The molecule has 28 heavy (non-hydrogen) atoms. The largest absolute Gasteiger partial charge is 0.379 e. The Morgan fingerprint density at radius 1 is 1.11 bits per heavy atom. The molecule has 1 fully saturated rings. The third kappa shape index (κ3) is 4.22. The van der Waals surface area contributed by atoms with E-state index in [1.807, 2.05) is 31.2 Å². The van der Waals surface area contributed by atoms with E-state index in [4.69, 9.17) is 16.3 Å². The minimum absolute atomic E-state index is 0.733. The van der Waals surface area contributed by atoms with E-state index in [1.165, 1.54) is 0 Å². The zero-order valence-corrected chi connectivity index (χ0v) is 17.3. The second-order valence-corrected chi connectivity index (χ2v) is 8.03. The first-order chi connectivity index (χ1) is 13.7. The Morgan fingerprint density at radius 2 is 1.89 bits per heavy atom. The summed E-state index contributed by atoms with van der Waals surface area (Å²) in [5, 5.41) is 10.6. The summed E-state index contributed by atoms with van der Waals surface area (Å²) >= 11 is 8.11. The number of thioether (sulfide) groups is 1. The van der Waals surface area contributed by atoms with Crippen molar-refractivity contribution in [1.29, 1.82) is 0 Å². The van der Waals surface area contributed by atoms with Crippen LogP contribution in [0.25, 0.3) is 17.1 Å². The summed E-state index contributed by atoms with van der Waals surface area (Å²) in [6.07, 6.45) is 3.54. The molecule has 1 aliphatic heterocycles. The van der Waals surface area contributed by atoms with Crippen molar-refractivity contribution in [3.05, 3.63) is 53.3 Å². The van der Waals surface area contributed by atoms with Crippen molar-refractivity contribution in [3.63, 3.8) is 0 Å². The maximum Gasteiger partial charge on any atom is 0.196 e. The lowest BCUT2D eigenvalue weighted by Gasteiger charge is -2.26. The maximum atomic E-state index is 6.40. The van der Waals surface area contributed by atoms with Crippen LogP contribution in [-0.4, -0.2) is 63.2 Å². The molecular formula is C20H22ClN5OS. The molecule has 1 aliphatic rings. The minimum atomic E-state index is 0.733. The van der Waals surface area contributed by atoms with Crippen molar-refractivity contribution in [1.82, 2.24) is 24.6 Å². The number of nitrogens with zero attached hydrogens (tertiary/aromatic N) is 5. The predicted octanol–water partition coefficient (Wildman–Crippen LogP) is 3.72. The van der Waals surface area contributed by atoms with Crippen LogP contribution in [0.15, 0.2) is 47.9 Å². The summed E-state index contributed by atoms with van der Waals surface area (Å²) in [6.45, 7) is 6.63. The van der Waals surface area contributed by atoms with Gasteiger partial charge in [0.15, 0.2) is 11.0 Å². The molecule has 0 bridgehead atoms. The molecule has 1 saturated heterocycles. The number of rotatable bonds is 6. The Hall–Kier alpha value is -1.93. The summed E-state index contributed by atoms with van der Waals surface area (Å²) < 4.78 is 7.52. The molecule has 0 unspecified atom stereocenters. The molecule has 0 spiro atoms.